The molecule has 13 heavy (non-hydrogen) atoms. The lowest BCUT2D eigenvalue weighted by Gasteiger charge is -2.03. The van der Waals surface area contributed by atoms with E-state index < -0.39 is 0 Å². The van der Waals surface area contributed by atoms with Gasteiger partial charge in [-0.05, 0) is 24.1 Å². The molecule has 2 aromatic rings. The second-order valence-electron chi connectivity index (χ2n) is 3.12. The smallest absolute Gasteiger partial charge is 0.108 e. The van der Waals surface area contributed by atoms with Gasteiger partial charge in [0.2, 0.25) is 0 Å². The first-order valence-corrected chi connectivity index (χ1v) is 4.28. The Balaban J connectivity index is 2.59. The maximum absolute atomic E-state index is 5.79. The van der Waals surface area contributed by atoms with Gasteiger partial charge in [-0.2, -0.15) is 0 Å². The topological polar surface area (TPSA) is 41.8 Å². The number of aryl methyl sites for hydroxylation is 1. The summed E-state index contributed by atoms with van der Waals surface area (Å²) in [6.45, 7) is 2.09. The van der Waals surface area contributed by atoms with Crippen LogP contribution in [0.3, 0.4) is 0 Å². The summed E-state index contributed by atoms with van der Waals surface area (Å²) in [4.78, 5) is 2.97. The number of rotatable bonds is 1. The van der Waals surface area contributed by atoms with Gasteiger partial charge in [0.15, 0.2) is 0 Å². The minimum Gasteiger partial charge on any atom is -0.385 e. The molecular weight excluding hydrogens is 160 g/mol. The fourth-order valence-corrected chi connectivity index (χ4v) is 1.49. The van der Waals surface area contributed by atoms with Crippen LogP contribution in [-0.2, 0) is 0 Å². The Labute approximate surface area is 77.4 Å². The van der Waals surface area contributed by atoms with Gasteiger partial charge in [0.25, 0.3) is 0 Å². The van der Waals surface area contributed by atoms with Crippen molar-refractivity contribution >= 4 is 5.82 Å². The van der Waals surface area contributed by atoms with Crippen LogP contribution >= 0.6 is 0 Å². The highest BCUT2D eigenvalue weighted by Gasteiger charge is 2.04. The summed E-state index contributed by atoms with van der Waals surface area (Å²) < 4.78 is 0. The molecule has 0 aliphatic heterocycles. The number of nitrogens with two attached hydrogens (primary N) is 1. The number of aromatic amines is 1. The van der Waals surface area contributed by atoms with Crippen LogP contribution in [0.25, 0.3) is 11.1 Å². The third kappa shape index (κ3) is 1.31. The van der Waals surface area contributed by atoms with Crippen LogP contribution in [-0.4, -0.2) is 4.98 Å². The molecule has 0 radical (unpaired) electrons. The van der Waals surface area contributed by atoms with Crippen molar-refractivity contribution in [3.05, 3.63) is 42.1 Å². The molecule has 0 unspecified atom stereocenters. The zero-order chi connectivity index (χ0) is 9.26. The van der Waals surface area contributed by atoms with Crippen molar-refractivity contribution in [1.29, 1.82) is 0 Å². The molecule has 0 aliphatic carbocycles. The first-order valence-electron chi connectivity index (χ1n) is 4.28. The van der Waals surface area contributed by atoms with E-state index in [0.717, 1.165) is 11.4 Å². The van der Waals surface area contributed by atoms with Crippen molar-refractivity contribution in [3.8, 4) is 11.1 Å². The maximum atomic E-state index is 5.79. The van der Waals surface area contributed by atoms with Crippen molar-refractivity contribution in [2.45, 2.75) is 6.92 Å². The van der Waals surface area contributed by atoms with E-state index in [0.29, 0.717) is 0 Å². The number of benzene rings is 1. The van der Waals surface area contributed by atoms with E-state index in [9.17, 15) is 0 Å². The molecule has 0 fully saturated rings. The average Bonchev–Trinajstić information content (AvgIpc) is 2.52. The average molecular weight is 172 g/mol. The first kappa shape index (κ1) is 7.92. The van der Waals surface area contributed by atoms with Gasteiger partial charge in [-0.1, -0.05) is 24.3 Å². The number of aromatic nitrogens is 1. The molecule has 0 saturated carbocycles. The van der Waals surface area contributed by atoms with Crippen molar-refractivity contribution in [2.75, 3.05) is 5.73 Å². The Morgan fingerprint density at radius 2 is 1.85 bits per heavy atom. The summed E-state index contributed by atoms with van der Waals surface area (Å²) in [7, 11) is 0. The number of hydrogen-bond acceptors (Lipinski definition) is 1. The molecular formula is C11H12N2. The molecule has 2 rings (SSSR count). The van der Waals surface area contributed by atoms with Gasteiger partial charge < -0.3 is 10.7 Å². The molecule has 0 amide bonds. The number of hydrogen-bond donors (Lipinski definition) is 2. The van der Waals surface area contributed by atoms with E-state index >= 15 is 0 Å². The molecule has 0 bridgehead atoms. The Morgan fingerprint density at radius 3 is 2.46 bits per heavy atom. The Morgan fingerprint density at radius 1 is 1.08 bits per heavy atom. The number of H-pyrrole nitrogens is 1. The normalized spacial score (nSPS) is 10.2. The van der Waals surface area contributed by atoms with E-state index in [4.69, 9.17) is 5.73 Å². The van der Waals surface area contributed by atoms with Crippen molar-refractivity contribution in [2.24, 2.45) is 0 Å². The van der Waals surface area contributed by atoms with Crippen LogP contribution in [0.15, 0.2) is 36.5 Å². The molecule has 1 heterocycles. The molecule has 66 valence electrons. The molecule has 3 N–H and O–H groups in total. The summed E-state index contributed by atoms with van der Waals surface area (Å²) in [5.74, 6) is 0.731. The second kappa shape index (κ2) is 2.98. The van der Waals surface area contributed by atoms with Crippen molar-refractivity contribution in [1.82, 2.24) is 4.98 Å². The molecule has 2 heteroatoms. The highest BCUT2D eigenvalue weighted by Crippen LogP contribution is 2.27. The van der Waals surface area contributed by atoms with Gasteiger partial charge in [0.05, 0.1) is 0 Å². The monoisotopic (exact) mass is 172 g/mol. The maximum Gasteiger partial charge on any atom is 0.108 e. The molecule has 1 aromatic heterocycles. The second-order valence-corrected chi connectivity index (χ2v) is 3.12. The lowest BCUT2D eigenvalue weighted by atomic mass is 10.0. The highest BCUT2D eigenvalue weighted by atomic mass is 14.8. The summed E-state index contributed by atoms with van der Waals surface area (Å²) in [5, 5.41) is 0. The lowest BCUT2D eigenvalue weighted by molar-refractivity contribution is 1.41. The molecule has 2 nitrogen and oxygen atoms in total. The van der Waals surface area contributed by atoms with Crippen LogP contribution in [0.4, 0.5) is 5.82 Å². The van der Waals surface area contributed by atoms with Gasteiger partial charge in [0.1, 0.15) is 5.82 Å². The number of nitrogen functional groups attached to an aromatic ring is 1. The van der Waals surface area contributed by atoms with Gasteiger partial charge in [-0.3, -0.25) is 0 Å². The van der Waals surface area contributed by atoms with E-state index in [1.807, 2.05) is 24.4 Å². The van der Waals surface area contributed by atoms with Gasteiger partial charge in [0, 0.05) is 11.8 Å². The quantitative estimate of drug-likeness (QED) is 0.682. The Hall–Kier alpha value is -1.70. The number of nitrogens with one attached hydrogen (secondary N) is 1. The summed E-state index contributed by atoms with van der Waals surface area (Å²) in [6, 6.07) is 10.2. The highest BCUT2D eigenvalue weighted by molar-refractivity contribution is 5.76. The predicted molar refractivity (Wildman–Crippen MR) is 55.4 cm³/mol. The summed E-state index contributed by atoms with van der Waals surface area (Å²) in [6.07, 6.45) is 1.86. The molecule has 0 spiro atoms. The third-order valence-corrected chi connectivity index (χ3v) is 2.21. The molecule has 1 aromatic carbocycles. The minimum atomic E-state index is 0.731. The molecule has 0 atom stereocenters. The zero-order valence-electron chi connectivity index (χ0n) is 7.54. The lowest BCUT2D eigenvalue weighted by Crippen LogP contribution is -1.88. The van der Waals surface area contributed by atoms with E-state index in [-0.39, 0.29) is 0 Å². The van der Waals surface area contributed by atoms with Crippen molar-refractivity contribution in [3.63, 3.8) is 0 Å². The fourth-order valence-electron chi connectivity index (χ4n) is 1.49. The van der Waals surface area contributed by atoms with Gasteiger partial charge >= 0.3 is 0 Å². The Kier molecular flexibility index (Phi) is 1.81. The van der Waals surface area contributed by atoms with Crippen LogP contribution in [0.2, 0.25) is 0 Å². The van der Waals surface area contributed by atoms with E-state index in [1.54, 1.807) is 0 Å². The molecule has 0 aliphatic rings. The molecule has 0 saturated heterocycles. The first-order chi connectivity index (χ1) is 6.29. The standard InChI is InChI=1S/C11H12N2/c1-8-4-2-3-5-9(8)10-6-7-13-11(10)12/h2-7,13H,12H2,1H3. The third-order valence-electron chi connectivity index (χ3n) is 2.21. The van der Waals surface area contributed by atoms with Crippen LogP contribution < -0.4 is 5.73 Å². The minimum absolute atomic E-state index is 0.731. The predicted octanol–water partition coefficient (Wildman–Crippen LogP) is 2.57. The SMILES string of the molecule is Cc1ccccc1-c1cc[nH]c1N. The van der Waals surface area contributed by atoms with Gasteiger partial charge in [-0.15, -0.1) is 0 Å². The summed E-state index contributed by atoms with van der Waals surface area (Å²) in [5.41, 5.74) is 9.31. The van der Waals surface area contributed by atoms with E-state index in [1.165, 1.54) is 11.1 Å². The summed E-state index contributed by atoms with van der Waals surface area (Å²) >= 11 is 0. The number of anilines is 1. The van der Waals surface area contributed by atoms with E-state index in [2.05, 4.69) is 24.0 Å². The van der Waals surface area contributed by atoms with Crippen LogP contribution in [0.5, 0.6) is 0 Å². The Bertz CT molecular complexity index is 416. The van der Waals surface area contributed by atoms with Crippen LogP contribution in [0.1, 0.15) is 5.56 Å². The largest absolute Gasteiger partial charge is 0.385 e. The van der Waals surface area contributed by atoms with Gasteiger partial charge in [-0.25, -0.2) is 0 Å². The van der Waals surface area contributed by atoms with Crippen molar-refractivity contribution < 1.29 is 0 Å². The fraction of sp³-hybridized carbons (Fsp3) is 0.0909. The van der Waals surface area contributed by atoms with Crippen LogP contribution in [0, 0.1) is 6.92 Å². The zero-order valence-corrected chi connectivity index (χ0v) is 7.54.